The number of carbonyl (C=O) groups excluding carboxylic acids is 2. The van der Waals surface area contributed by atoms with Crippen molar-refractivity contribution in [1.82, 2.24) is 40.2 Å². The van der Waals surface area contributed by atoms with Gasteiger partial charge in [-0.2, -0.15) is 0 Å². The SMILES string of the molecule is Cn1c(CC(=O)NNC(=O)CSc2nnc(-c3cccnc3)n2-c2ccccc2)nc2ccccc21. The van der Waals surface area contributed by atoms with Gasteiger partial charge in [0.2, 0.25) is 11.8 Å². The predicted octanol–water partition coefficient (Wildman–Crippen LogP) is 2.70. The van der Waals surface area contributed by atoms with Crippen LogP contribution in [0.3, 0.4) is 0 Å². The minimum atomic E-state index is -0.371. The third-order valence-electron chi connectivity index (χ3n) is 5.44. The van der Waals surface area contributed by atoms with Crippen molar-refractivity contribution in [2.45, 2.75) is 11.6 Å². The van der Waals surface area contributed by atoms with Gasteiger partial charge in [0.05, 0.1) is 23.2 Å². The molecule has 180 valence electrons. The molecule has 0 spiro atoms. The van der Waals surface area contributed by atoms with E-state index < -0.39 is 0 Å². The number of carbonyl (C=O) groups is 2. The lowest BCUT2D eigenvalue weighted by atomic mass is 10.2. The molecule has 5 aromatic rings. The number of amides is 2. The maximum atomic E-state index is 12.5. The molecule has 0 unspecified atom stereocenters. The van der Waals surface area contributed by atoms with Crippen molar-refractivity contribution in [3.63, 3.8) is 0 Å². The van der Waals surface area contributed by atoms with Gasteiger partial charge in [-0.05, 0) is 36.4 Å². The molecule has 0 aliphatic rings. The fourth-order valence-electron chi connectivity index (χ4n) is 3.70. The van der Waals surface area contributed by atoms with Crippen molar-refractivity contribution in [3.05, 3.63) is 84.9 Å². The van der Waals surface area contributed by atoms with Crippen LogP contribution in [0.15, 0.2) is 84.3 Å². The standard InChI is InChI=1S/C25H22N8O2S/c1-32-20-12-6-5-11-19(20)27-21(32)14-22(34)28-29-23(35)16-36-25-31-30-24(17-8-7-13-26-15-17)33(25)18-9-3-2-4-10-18/h2-13,15H,14,16H2,1H3,(H,28,34)(H,29,35). The van der Waals surface area contributed by atoms with Gasteiger partial charge in [0.15, 0.2) is 11.0 Å². The molecule has 2 aromatic carbocycles. The molecule has 0 radical (unpaired) electrons. The number of imidazole rings is 1. The molecule has 2 N–H and O–H groups in total. The van der Waals surface area contributed by atoms with Crippen LogP contribution in [0, 0.1) is 0 Å². The average molecular weight is 499 g/mol. The van der Waals surface area contributed by atoms with Gasteiger partial charge in [-0.15, -0.1) is 10.2 Å². The first kappa shape index (κ1) is 23.2. The zero-order chi connectivity index (χ0) is 24.9. The highest BCUT2D eigenvalue weighted by molar-refractivity contribution is 7.99. The summed E-state index contributed by atoms with van der Waals surface area (Å²) in [4.78, 5) is 33.5. The lowest BCUT2D eigenvalue weighted by Gasteiger charge is -2.10. The van der Waals surface area contributed by atoms with Gasteiger partial charge in [-0.25, -0.2) is 4.98 Å². The number of nitrogens with zero attached hydrogens (tertiary/aromatic N) is 6. The number of fused-ring (bicyclic) bond motifs is 1. The Morgan fingerprint density at radius 3 is 2.47 bits per heavy atom. The highest BCUT2D eigenvalue weighted by Crippen LogP contribution is 2.27. The van der Waals surface area contributed by atoms with E-state index in [-0.39, 0.29) is 24.0 Å². The molecule has 0 aliphatic heterocycles. The molecule has 10 nitrogen and oxygen atoms in total. The Kier molecular flexibility index (Phi) is 6.72. The molecule has 0 aliphatic carbocycles. The summed E-state index contributed by atoms with van der Waals surface area (Å²) in [6.45, 7) is 0. The zero-order valence-electron chi connectivity index (χ0n) is 19.3. The van der Waals surface area contributed by atoms with Crippen LogP contribution >= 0.6 is 11.8 Å². The normalized spacial score (nSPS) is 10.9. The van der Waals surface area contributed by atoms with E-state index in [1.165, 1.54) is 11.8 Å². The van der Waals surface area contributed by atoms with Gasteiger partial charge in [0.25, 0.3) is 0 Å². The minimum absolute atomic E-state index is 0.0323. The van der Waals surface area contributed by atoms with Crippen molar-refractivity contribution in [3.8, 4) is 17.1 Å². The summed E-state index contributed by atoms with van der Waals surface area (Å²) in [6.07, 6.45) is 3.44. The molecule has 0 bridgehead atoms. The third-order valence-corrected chi connectivity index (χ3v) is 6.37. The minimum Gasteiger partial charge on any atom is -0.331 e. The summed E-state index contributed by atoms with van der Waals surface area (Å²) < 4.78 is 3.74. The lowest BCUT2D eigenvalue weighted by molar-refractivity contribution is -0.127. The molecule has 0 saturated heterocycles. The van der Waals surface area contributed by atoms with E-state index in [9.17, 15) is 9.59 Å². The lowest BCUT2D eigenvalue weighted by Crippen LogP contribution is -2.43. The molecule has 3 heterocycles. The summed E-state index contributed by atoms with van der Waals surface area (Å²) in [5.41, 5.74) is 8.34. The second-order valence-electron chi connectivity index (χ2n) is 7.86. The van der Waals surface area contributed by atoms with Crippen LogP contribution in [-0.4, -0.2) is 46.9 Å². The number of rotatable bonds is 7. The van der Waals surface area contributed by atoms with Crippen molar-refractivity contribution in [2.24, 2.45) is 7.05 Å². The monoisotopic (exact) mass is 498 g/mol. The van der Waals surface area contributed by atoms with Gasteiger partial charge < -0.3 is 4.57 Å². The summed E-state index contributed by atoms with van der Waals surface area (Å²) in [5, 5.41) is 9.16. The highest BCUT2D eigenvalue weighted by Gasteiger charge is 2.18. The van der Waals surface area contributed by atoms with Crippen molar-refractivity contribution >= 4 is 34.6 Å². The Bertz CT molecular complexity index is 1520. The summed E-state index contributed by atoms with van der Waals surface area (Å²) in [5.74, 6) is 0.524. The van der Waals surface area contributed by atoms with Crippen LogP contribution in [0.1, 0.15) is 5.82 Å². The molecule has 0 saturated carbocycles. The predicted molar refractivity (Wildman–Crippen MR) is 136 cm³/mol. The van der Waals surface area contributed by atoms with E-state index in [4.69, 9.17) is 0 Å². The van der Waals surface area contributed by atoms with Gasteiger partial charge in [-0.3, -0.25) is 30.0 Å². The highest BCUT2D eigenvalue weighted by atomic mass is 32.2. The number of nitrogens with one attached hydrogen (secondary N) is 2. The second-order valence-corrected chi connectivity index (χ2v) is 8.80. The van der Waals surface area contributed by atoms with Crippen LogP contribution in [0.4, 0.5) is 0 Å². The van der Waals surface area contributed by atoms with E-state index in [0.29, 0.717) is 16.8 Å². The van der Waals surface area contributed by atoms with E-state index in [0.717, 1.165) is 22.3 Å². The van der Waals surface area contributed by atoms with Gasteiger partial charge in [-0.1, -0.05) is 42.1 Å². The van der Waals surface area contributed by atoms with Crippen molar-refractivity contribution < 1.29 is 9.59 Å². The molecule has 3 aromatic heterocycles. The van der Waals surface area contributed by atoms with E-state index in [1.807, 2.05) is 82.9 Å². The fraction of sp³-hybridized carbons (Fsp3) is 0.120. The molecule has 2 amide bonds. The smallest absolute Gasteiger partial charge is 0.248 e. The van der Waals surface area contributed by atoms with Gasteiger partial charge in [0.1, 0.15) is 5.82 Å². The maximum Gasteiger partial charge on any atom is 0.248 e. The largest absolute Gasteiger partial charge is 0.331 e. The van der Waals surface area contributed by atoms with Crippen LogP contribution in [0.5, 0.6) is 0 Å². The first-order valence-corrected chi connectivity index (χ1v) is 12.1. The Morgan fingerprint density at radius 1 is 0.917 bits per heavy atom. The molecule has 0 fully saturated rings. The Labute approximate surface area is 210 Å². The van der Waals surface area contributed by atoms with Crippen molar-refractivity contribution in [2.75, 3.05) is 5.75 Å². The number of hydrogen-bond acceptors (Lipinski definition) is 7. The number of aromatic nitrogens is 6. The van der Waals surface area contributed by atoms with Gasteiger partial charge in [0, 0.05) is 30.7 Å². The summed E-state index contributed by atoms with van der Waals surface area (Å²) in [6, 6.07) is 21.0. The Morgan fingerprint density at radius 2 is 1.69 bits per heavy atom. The maximum absolute atomic E-state index is 12.5. The fourth-order valence-corrected chi connectivity index (χ4v) is 4.45. The molecule has 36 heavy (non-hydrogen) atoms. The van der Waals surface area contributed by atoms with Crippen LogP contribution in [0.2, 0.25) is 0 Å². The topological polar surface area (TPSA) is 120 Å². The van der Waals surface area contributed by atoms with E-state index in [2.05, 4.69) is 31.0 Å². The number of benzene rings is 2. The van der Waals surface area contributed by atoms with Crippen molar-refractivity contribution in [1.29, 1.82) is 0 Å². The molecule has 0 atom stereocenters. The number of hydrazine groups is 1. The Balaban J connectivity index is 1.22. The Hall–Kier alpha value is -4.51. The number of thioether (sulfide) groups is 1. The number of aryl methyl sites for hydroxylation is 1. The zero-order valence-corrected chi connectivity index (χ0v) is 20.1. The summed E-state index contributed by atoms with van der Waals surface area (Å²) in [7, 11) is 1.86. The number of para-hydroxylation sites is 3. The third kappa shape index (κ3) is 4.96. The van der Waals surface area contributed by atoms with Crippen LogP contribution < -0.4 is 10.9 Å². The van der Waals surface area contributed by atoms with Crippen LogP contribution in [-0.2, 0) is 23.1 Å². The number of pyridine rings is 1. The second kappa shape index (κ2) is 10.4. The molecular weight excluding hydrogens is 476 g/mol. The average Bonchev–Trinajstić information content (AvgIpc) is 3.48. The number of hydrogen-bond donors (Lipinski definition) is 2. The molecule has 5 rings (SSSR count). The van der Waals surface area contributed by atoms with Gasteiger partial charge >= 0.3 is 0 Å². The van der Waals surface area contributed by atoms with E-state index in [1.54, 1.807) is 12.4 Å². The summed E-state index contributed by atoms with van der Waals surface area (Å²) >= 11 is 1.22. The van der Waals surface area contributed by atoms with E-state index >= 15 is 0 Å². The molecule has 11 heteroatoms. The quantitative estimate of drug-likeness (QED) is 0.262. The first-order valence-electron chi connectivity index (χ1n) is 11.1. The van der Waals surface area contributed by atoms with Crippen LogP contribution in [0.25, 0.3) is 28.1 Å². The first-order chi connectivity index (χ1) is 17.6. The molecular formula is C25H22N8O2S.